The molecule has 2 heterocycles. The van der Waals surface area contributed by atoms with Gasteiger partial charge in [0, 0.05) is 26.1 Å². The van der Waals surface area contributed by atoms with Crippen molar-refractivity contribution in [3.05, 3.63) is 29.8 Å². The molecule has 0 aliphatic carbocycles. The van der Waals surface area contributed by atoms with Crippen LogP contribution in [0.4, 0.5) is 4.39 Å². The van der Waals surface area contributed by atoms with E-state index in [0.29, 0.717) is 19.0 Å². The van der Waals surface area contributed by atoms with Crippen LogP contribution in [0.3, 0.4) is 0 Å². The highest BCUT2D eigenvalue weighted by Crippen LogP contribution is 2.30. The minimum Gasteiger partial charge on any atom is -0.341 e. The van der Waals surface area contributed by atoms with Gasteiger partial charge in [0.1, 0.15) is 12.2 Å². The molecule has 0 radical (unpaired) electrons. The van der Waals surface area contributed by atoms with E-state index in [0.717, 1.165) is 29.1 Å². The van der Waals surface area contributed by atoms with Crippen LogP contribution in [0.2, 0.25) is 0 Å². The maximum Gasteiger partial charge on any atom is 0.243 e. The molecule has 2 fully saturated rings. The quantitative estimate of drug-likeness (QED) is 0.805. The van der Waals surface area contributed by atoms with Crippen molar-refractivity contribution in [1.29, 1.82) is 0 Å². The lowest BCUT2D eigenvalue weighted by Gasteiger charge is -2.32. The Balaban J connectivity index is 1.85. The molecule has 1 aromatic rings. The molecule has 0 bridgehead atoms. The predicted molar refractivity (Wildman–Crippen MR) is 98.2 cm³/mol. The SMILES string of the molecule is CC(C)c1ccc(S(=O)(=O)N2C[C@@H](F)C[C@H]2C(=O)N2CCCCC2)cc1. The summed E-state index contributed by atoms with van der Waals surface area (Å²) >= 11 is 0. The molecule has 0 unspecified atom stereocenters. The zero-order chi connectivity index (χ0) is 18.9. The molecule has 0 N–H and O–H groups in total. The number of hydrogen-bond acceptors (Lipinski definition) is 3. The van der Waals surface area contributed by atoms with Gasteiger partial charge in [-0.25, -0.2) is 12.8 Å². The van der Waals surface area contributed by atoms with Crippen molar-refractivity contribution in [3.63, 3.8) is 0 Å². The van der Waals surface area contributed by atoms with Crippen LogP contribution in [0.15, 0.2) is 29.2 Å². The van der Waals surface area contributed by atoms with E-state index in [1.54, 1.807) is 29.2 Å². The molecule has 26 heavy (non-hydrogen) atoms. The lowest BCUT2D eigenvalue weighted by atomic mass is 10.0. The summed E-state index contributed by atoms with van der Waals surface area (Å²) in [6, 6.07) is 5.74. The number of piperidine rings is 1. The Kier molecular flexibility index (Phi) is 5.67. The van der Waals surface area contributed by atoms with E-state index in [-0.39, 0.29) is 23.8 Å². The average Bonchev–Trinajstić information content (AvgIpc) is 3.04. The van der Waals surface area contributed by atoms with E-state index < -0.39 is 22.2 Å². The molecule has 2 atom stereocenters. The number of likely N-dealkylation sites (tertiary alicyclic amines) is 1. The fraction of sp³-hybridized carbons (Fsp3) is 0.632. The van der Waals surface area contributed by atoms with Crippen molar-refractivity contribution in [2.24, 2.45) is 0 Å². The monoisotopic (exact) mass is 382 g/mol. The van der Waals surface area contributed by atoms with Gasteiger partial charge in [-0.2, -0.15) is 4.31 Å². The van der Waals surface area contributed by atoms with Crippen LogP contribution in [0, 0.1) is 0 Å². The van der Waals surface area contributed by atoms with Crippen molar-refractivity contribution in [1.82, 2.24) is 9.21 Å². The highest BCUT2D eigenvalue weighted by Gasteiger charge is 2.45. The van der Waals surface area contributed by atoms with E-state index in [2.05, 4.69) is 0 Å². The minimum absolute atomic E-state index is 0.0569. The van der Waals surface area contributed by atoms with Crippen molar-refractivity contribution in [3.8, 4) is 0 Å². The second kappa shape index (κ2) is 7.64. The number of benzene rings is 1. The number of hydrogen-bond donors (Lipinski definition) is 0. The summed E-state index contributed by atoms with van der Waals surface area (Å²) in [5.41, 5.74) is 1.04. The molecule has 1 aromatic carbocycles. The highest BCUT2D eigenvalue weighted by molar-refractivity contribution is 7.89. The second-order valence-electron chi connectivity index (χ2n) is 7.53. The first-order valence-corrected chi connectivity index (χ1v) is 10.8. The van der Waals surface area contributed by atoms with Gasteiger partial charge >= 0.3 is 0 Å². The summed E-state index contributed by atoms with van der Waals surface area (Å²) in [6.45, 7) is 5.07. The number of carbonyl (C=O) groups excluding carboxylic acids is 1. The maximum absolute atomic E-state index is 14.1. The van der Waals surface area contributed by atoms with Crippen LogP contribution >= 0.6 is 0 Å². The van der Waals surface area contributed by atoms with Gasteiger partial charge < -0.3 is 4.90 Å². The van der Waals surface area contributed by atoms with Gasteiger partial charge in [-0.15, -0.1) is 0 Å². The van der Waals surface area contributed by atoms with Crippen LogP contribution < -0.4 is 0 Å². The first-order chi connectivity index (χ1) is 12.3. The number of amides is 1. The zero-order valence-electron chi connectivity index (χ0n) is 15.4. The third kappa shape index (κ3) is 3.78. The van der Waals surface area contributed by atoms with Gasteiger partial charge in [-0.3, -0.25) is 4.79 Å². The topological polar surface area (TPSA) is 57.7 Å². The Labute approximate surface area is 155 Å². The van der Waals surface area contributed by atoms with Crippen molar-refractivity contribution in [2.75, 3.05) is 19.6 Å². The molecule has 7 heteroatoms. The van der Waals surface area contributed by atoms with Gasteiger partial charge in [0.25, 0.3) is 0 Å². The largest absolute Gasteiger partial charge is 0.341 e. The Morgan fingerprint density at radius 3 is 2.31 bits per heavy atom. The average molecular weight is 383 g/mol. The molecule has 1 amide bonds. The molecule has 144 valence electrons. The molecular formula is C19H27FN2O3S. The summed E-state index contributed by atoms with van der Waals surface area (Å²) in [4.78, 5) is 14.6. The van der Waals surface area contributed by atoms with Gasteiger partial charge in [-0.1, -0.05) is 26.0 Å². The second-order valence-corrected chi connectivity index (χ2v) is 9.42. The lowest BCUT2D eigenvalue weighted by molar-refractivity contribution is -0.135. The molecule has 2 aliphatic rings. The fourth-order valence-corrected chi connectivity index (χ4v) is 5.35. The van der Waals surface area contributed by atoms with Crippen LogP contribution in [0.25, 0.3) is 0 Å². The molecule has 3 rings (SSSR count). The maximum atomic E-state index is 14.1. The molecule has 0 aromatic heterocycles. The fourth-order valence-electron chi connectivity index (χ4n) is 3.73. The number of halogens is 1. The first-order valence-electron chi connectivity index (χ1n) is 9.35. The number of rotatable bonds is 4. The van der Waals surface area contributed by atoms with Crippen LogP contribution in [-0.4, -0.2) is 55.4 Å². The lowest BCUT2D eigenvalue weighted by Crippen LogP contribution is -2.49. The summed E-state index contributed by atoms with van der Waals surface area (Å²) in [5, 5.41) is 0. The number of nitrogens with zero attached hydrogens (tertiary/aromatic N) is 2. The van der Waals surface area contributed by atoms with Crippen LogP contribution in [-0.2, 0) is 14.8 Å². The predicted octanol–water partition coefficient (Wildman–Crippen LogP) is 2.92. The van der Waals surface area contributed by atoms with Crippen molar-refractivity contribution < 1.29 is 17.6 Å². The normalized spacial score (nSPS) is 25.0. The Morgan fingerprint density at radius 1 is 1.12 bits per heavy atom. The summed E-state index contributed by atoms with van der Waals surface area (Å²) in [6.07, 6.45) is 1.55. The van der Waals surface area contributed by atoms with Gasteiger partial charge in [-0.05, 0) is 42.9 Å². The van der Waals surface area contributed by atoms with E-state index >= 15 is 0 Å². The Morgan fingerprint density at radius 2 is 1.73 bits per heavy atom. The number of sulfonamides is 1. The van der Waals surface area contributed by atoms with Crippen LogP contribution in [0.1, 0.15) is 51.0 Å². The third-order valence-corrected chi connectivity index (χ3v) is 7.20. The first kappa shape index (κ1) is 19.3. The van der Waals surface area contributed by atoms with Gasteiger partial charge in [0.05, 0.1) is 4.90 Å². The molecule has 0 saturated carbocycles. The van der Waals surface area contributed by atoms with Gasteiger partial charge in [0.2, 0.25) is 15.9 Å². The van der Waals surface area contributed by atoms with Crippen LogP contribution in [0.5, 0.6) is 0 Å². The molecule has 5 nitrogen and oxygen atoms in total. The molecule has 2 saturated heterocycles. The molecule has 2 aliphatic heterocycles. The van der Waals surface area contributed by atoms with E-state index in [9.17, 15) is 17.6 Å². The van der Waals surface area contributed by atoms with E-state index in [1.165, 1.54) is 0 Å². The highest BCUT2D eigenvalue weighted by atomic mass is 32.2. The Bertz CT molecular complexity index is 743. The number of alkyl halides is 1. The van der Waals surface area contributed by atoms with Crippen molar-refractivity contribution >= 4 is 15.9 Å². The van der Waals surface area contributed by atoms with E-state index in [1.807, 2.05) is 13.8 Å². The van der Waals surface area contributed by atoms with Crippen molar-refractivity contribution in [2.45, 2.75) is 62.6 Å². The molecule has 0 spiro atoms. The summed E-state index contributed by atoms with van der Waals surface area (Å²) in [7, 11) is -3.90. The third-order valence-electron chi connectivity index (χ3n) is 5.31. The Hall–Kier alpha value is -1.47. The summed E-state index contributed by atoms with van der Waals surface area (Å²) < 4.78 is 41.3. The standard InChI is InChI=1S/C19H27FN2O3S/c1-14(2)15-6-8-17(9-7-15)26(24,25)22-13-16(20)12-18(22)19(23)21-10-4-3-5-11-21/h6-9,14,16,18H,3-5,10-13H2,1-2H3/t16-,18-/m0/s1. The zero-order valence-corrected chi connectivity index (χ0v) is 16.2. The van der Waals surface area contributed by atoms with E-state index in [4.69, 9.17) is 0 Å². The van der Waals surface area contributed by atoms with Gasteiger partial charge in [0.15, 0.2) is 0 Å². The minimum atomic E-state index is -3.90. The molecular weight excluding hydrogens is 355 g/mol. The smallest absolute Gasteiger partial charge is 0.243 e. The summed E-state index contributed by atoms with van der Waals surface area (Å²) in [5.74, 6) is 0.0365. The number of carbonyl (C=O) groups is 1.